The molecule has 0 aromatic heterocycles. The Bertz CT molecular complexity index is 402. The molecule has 0 radical (unpaired) electrons. The van der Waals surface area contributed by atoms with Crippen LogP contribution >= 0.6 is 7.36 Å². The number of carbonyl (C=O) groups is 2. The maximum atomic E-state index is 12.8. The van der Waals surface area contributed by atoms with Crippen LogP contribution in [-0.2, 0) is 21.4 Å². The minimum atomic E-state index is -5.19. The molecule has 3 N–H and O–H groups in total. The van der Waals surface area contributed by atoms with Gasteiger partial charge in [0.25, 0.3) is 0 Å². The minimum absolute atomic E-state index is 0.0559. The lowest BCUT2D eigenvalue weighted by molar-refractivity contribution is -0.192. The van der Waals surface area contributed by atoms with Crippen molar-refractivity contribution < 1.29 is 27.9 Å². The molecule has 6 nitrogen and oxygen atoms in total. The van der Waals surface area contributed by atoms with Crippen molar-refractivity contribution in [3.05, 3.63) is 0 Å². The van der Waals surface area contributed by atoms with Crippen molar-refractivity contribution >= 4 is 31.0 Å². The second-order valence-electron chi connectivity index (χ2n) is 4.40. The lowest BCUT2D eigenvalue weighted by atomic mass is 10.4. The molecular formula is C11H19F3N3O3PS. The second kappa shape index (κ2) is 9.34. The molecule has 128 valence electrons. The lowest BCUT2D eigenvalue weighted by Gasteiger charge is -2.41. The largest absolute Gasteiger partial charge is 0.480 e. The monoisotopic (exact) mass is 361 g/mol. The predicted octanol–water partition coefficient (Wildman–Crippen LogP) is 1.48. The van der Waals surface area contributed by atoms with Crippen molar-refractivity contribution in [2.75, 3.05) is 19.6 Å². The van der Waals surface area contributed by atoms with E-state index in [4.69, 9.17) is 16.9 Å². The van der Waals surface area contributed by atoms with Gasteiger partial charge in [-0.3, -0.25) is 25.1 Å². The van der Waals surface area contributed by atoms with Gasteiger partial charge in [-0.1, -0.05) is 25.7 Å². The van der Waals surface area contributed by atoms with Crippen LogP contribution < -0.4 is 10.6 Å². The molecule has 0 heterocycles. The summed E-state index contributed by atoms with van der Waals surface area (Å²) >= 11 is 4.88. The van der Waals surface area contributed by atoms with Crippen LogP contribution in [0.2, 0.25) is 0 Å². The molecule has 0 aromatic rings. The Morgan fingerprint density at radius 3 is 1.91 bits per heavy atom. The molecule has 0 aliphatic carbocycles. The zero-order chi connectivity index (χ0) is 17.4. The highest BCUT2D eigenvalue weighted by Gasteiger charge is 2.50. The molecule has 0 fully saturated rings. The Morgan fingerprint density at radius 1 is 1.18 bits per heavy atom. The van der Waals surface area contributed by atoms with Gasteiger partial charge in [0.2, 0.25) is 5.53 Å². The Morgan fingerprint density at radius 2 is 1.64 bits per heavy atom. The summed E-state index contributed by atoms with van der Waals surface area (Å²) in [5, 5.41) is 14.3. The van der Waals surface area contributed by atoms with Crippen LogP contribution in [0.15, 0.2) is 0 Å². The van der Waals surface area contributed by atoms with E-state index in [1.807, 2.05) is 0 Å². The highest BCUT2D eigenvalue weighted by Crippen LogP contribution is 2.28. The lowest BCUT2D eigenvalue weighted by Crippen LogP contribution is -2.68. The van der Waals surface area contributed by atoms with Gasteiger partial charge < -0.3 is 5.11 Å². The third kappa shape index (κ3) is 6.12. The zero-order valence-electron chi connectivity index (χ0n) is 12.2. The molecule has 0 atom stereocenters. The van der Waals surface area contributed by atoms with Crippen LogP contribution in [0.1, 0.15) is 26.7 Å². The fourth-order valence-corrected chi connectivity index (χ4v) is 2.88. The highest BCUT2D eigenvalue weighted by molar-refractivity contribution is 7.97. The number of aliphatic carboxylic acids is 1. The van der Waals surface area contributed by atoms with Crippen LogP contribution in [0.3, 0.4) is 0 Å². The summed E-state index contributed by atoms with van der Waals surface area (Å²) in [6.45, 7) is 2.98. The van der Waals surface area contributed by atoms with Gasteiger partial charge in [0.05, 0.1) is 0 Å². The number of carbonyl (C=O) groups excluding carboxylic acids is 1. The summed E-state index contributed by atoms with van der Waals surface area (Å²) in [5.41, 5.74) is -1.76. The summed E-state index contributed by atoms with van der Waals surface area (Å²) < 4.78 is 38.4. The zero-order valence-corrected chi connectivity index (χ0v) is 13.9. The maximum Gasteiger partial charge on any atom is 0.471 e. The standard InChI is InChI=1S/C11H19F3N3O3PS/c1-3-5-15-11(21-22,16-6-4-2)17(7-8(18)19)9(20)10(12,13)14/h15-16H,3-7H2,1-2H3,(H,18,19). The maximum absolute atomic E-state index is 12.8. The molecule has 0 spiro atoms. The first-order chi connectivity index (χ1) is 10.1. The van der Waals surface area contributed by atoms with Crippen molar-refractivity contribution in [1.82, 2.24) is 15.5 Å². The SMILES string of the molecule is CCCNC(NCCC)(P=S)N(CC(=O)O)C(=O)C(F)(F)F. The van der Waals surface area contributed by atoms with Crippen LogP contribution in [0.5, 0.6) is 0 Å². The number of amides is 1. The van der Waals surface area contributed by atoms with Crippen molar-refractivity contribution in [1.29, 1.82) is 0 Å². The third-order valence-corrected chi connectivity index (χ3v) is 4.16. The fourth-order valence-electron chi connectivity index (χ4n) is 1.59. The van der Waals surface area contributed by atoms with E-state index in [0.29, 0.717) is 12.8 Å². The number of hydrogen-bond acceptors (Lipinski definition) is 5. The number of carboxylic acids is 1. The smallest absolute Gasteiger partial charge is 0.471 e. The van der Waals surface area contributed by atoms with E-state index in [9.17, 15) is 22.8 Å². The van der Waals surface area contributed by atoms with Crippen molar-refractivity contribution in [3.63, 3.8) is 0 Å². The average Bonchev–Trinajstić information content (AvgIpc) is 2.44. The van der Waals surface area contributed by atoms with Crippen LogP contribution in [0, 0.1) is 0 Å². The van der Waals surface area contributed by atoms with Gasteiger partial charge in [-0.25, -0.2) is 0 Å². The molecule has 0 aliphatic rings. The number of alkyl halides is 3. The molecule has 1 amide bonds. The van der Waals surface area contributed by atoms with E-state index < -0.39 is 30.1 Å². The van der Waals surface area contributed by atoms with Gasteiger partial charge in [0.1, 0.15) is 6.54 Å². The first-order valence-electron chi connectivity index (χ1n) is 6.59. The minimum Gasteiger partial charge on any atom is -0.480 e. The van der Waals surface area contributed by atoms with Crippen molar-refractivity contribution in [2.24, 2.45) is 0 Å². The third-order valence-electron chi connectivity index (χ3n) is 2.55. The molecular weight excluding hydrogens is 342 g/mol. The van der Waals surface area contributed by atoms with Crippen LogP contribution in [0.25, 0.3) is 0 Å². The Labute approximate surface area is 133 Å². The van der Waals surface area contributed by atoms with E-state index in [-0.39, 0.29) is 25.3 Å². The summed E-state index contributed by atoms with van der Waals surface area (Å²) in [4.78, 5) is 22.7. The van der Waals surface area contributed by atoms with Gasteiger partial charge >= 0.3 is 18.1 Å². The quantitative estimate of drug-likeness (QED) is 0.404. The van der Waals surface area contributed by atoms with E-state index >= 15 is 0 Å². The number of nitrogens with zero attached hydrogens (tertiary/aromatic N) is 1. The molecule has 0 aliphatic heterocycles. The highest BCUT2D eigenvalue weighted by atomic mass is 32.4. The molecule has 0 saturated heterocycles. The number of rotatable bonds is 10. The summed E-state index contributed by atoms with van der Waals surface area (Å²) in [7, 11) is -0.0559. The molecule has 22 heavy (non-hydrogen) atoms. The van der Waals surface area contributed by atoms with Crippen LogP contribution in [-0.4, -0.2) is 53.2 Å². The molecule has 0 aromatic carbocycles. The van der Waals surface area contributed by atoms with Crippen molar-refractivity contribution in [2.45, 2.75) is 38.4 Å². The molecule has 0 saturated carbocycles. The number of nitrogens with one attached hydrogen (secondary N) is 2. The van der Waals surface area contributed by atoms with E-state index in [1.165, 1.54) is 0 Å². The van der Waals surface area contributed by atoms with Crippen molar-refractivity contribution in [3.8, 4) is 0 Å². The molecule has 0 rings (SSSR count). The average molecular weight is 361 g/mol. The van der Waals surface area contributed by atoms with Gasteiger partial charge in [0.15, 0.2) is 0 Å². The topological polar surface area (TPSA) is 81.7 Å². The van der Waals surface area contributed by atoms with E-state index in [2.05, 4.69) is 10.6 Å². The molecule has 0 bridgehead atoms. The molecule has 0 unspecified atom stereocenters. The summed E-state index contributed by atoms with van der Waals surface area (Å²) in [5.74, 6) is -3.81. The van der Waals surface area contributed by atoms with Gasteiger partial charge in [-0.2, -0.15) is 13.2 Å². The first kappa shape index (κ1) is 21.2. The van der Waals surface area contributed by atoms with E-state index in [1.54, 1.807) is 13.8 Å². The second-order valence-corrected chi connectivity index (χ2v) is 5.78. The number of hydrogen-bond donors (Lipinski definition) is 3. The molecule has 11 heteroatoms. The summed E-state index contributed by atoms with van der Waals surface area (Å²) in [6.07, 6.45) is -4.05. The van der Waals surface area contributed by atoms with Crippen LogP contribution in [0.4, 0.5) is 13.2 Å². The Balaban J connectivity index is 5.72. The predicted molar refractivity (Wildman–Crippen MR) is 79.0 cm³/mol. The van der Waals surface area contributed by atoms with Gasteiger partial charge in [0, 0.05) is 7.36 Å². The summed E-state index contributed by atoms with van der Waals surface area (Å²) in [6, 6.07) is 0. The van der Waals surface area contributed by atoms with E-state index in [0.717, 1.165) is 0 Å². The van der Waals surface area contributed by atoms with Gasteiger partial charge in [-0.15, -0.1) is 0 Å². The number of carboxylic acid groups (broad SMARTS) is 1. The first-order valence-corrected chi connectivity index (χ1v) is 8.50. The Hall–Kier alpha value is -0.830. The fraction of sp³-hybridized carbons (Fsp3) is 0.818. The van der Waals surface area contributed by atoms with Gasteiger partial charge in [-0.05, 0) is 25.9 Å². The number of halogens is 3. The Kier molecular flexibility index (Phi) is 8.99. The normalized spacial score (nSPS) is 12.4.